The van der Waals surface area contributed by atoms with Crippen molar-refractivity contribution in [3.05, 3.63) is 76.1 Å². The van der Waals surface area contributed by atoms with E-state index in [1.54, 1.807) is 17.0 Å². The monoisotopic (exact) mass is 373 g/mol. The molecule has 0 bridgehead atoms. The molecular weight excluding hydrogens is 351 g/mol. The molecule has 1 heterocycles. The van der Waals surface area contributed by atoms with Crippen molar-refractivity contribution in [2.75, 3.05) is 13.1 Å². The molecule has 1 fully saturated rings. The van der Waals surface area contributed by atoms with E-state index in [1.165, 1.54) is 49.7 Å². The SMILES string of the molecule is O=C(/C=C/c1ccc(F)c(Cl)c1)NCc1ccc(C[NH+]2CCCC2)cc1. The first kappa shape index (κ1) is 18.6. The number of quaternary nitrogens is 1. The van der Waals surface area contributed by atoms with Gasteiger partial charge in [0.15, 0.2) is 0 Å². The molecule has 26 heavy (non-hydrogen) atoms. The Morgan fingerprint density at radius 2 is 1.81 bits per heavy atom. The smallest absolute Gasteiger partial charge is 0.244 e. The minimum atomic E-state index is -0.469. The number of amides is 1. The standard InChI is InChI=1S/C21H22ClFN2O/c22-19-13-16(7-9-20(19)23)8-10-21(26)24-14-17-3-5-18(6-4-17)15-25-11-1-2-12-25/h3-10,13H,1-2,11-12,14-15H2,(H,24,26)/p+1/b10-8+. The number of rotatable bonds is 6. The number of halogens is 2. The molecular formula is C21H23ClFN2O+. The van der Waals surface area contributed by atoms with E-state index >= 15 is 0 Å². The van der Waals surface area contributed by atoms with E-state index in [-0.39, 0.29) is 10.9 Å². The van der Waals surface area contributed by atoms with E-state index < -0.39 is 5.82 Å². The van der Waals surface area contributed by atoms with Gasteiger partial charge in [0.25, 0.3) is 0 Å². The molecule has 136 valence electrons. The van der Waals surface area contributed by atoms with Gasteiger partial charge in [-0.3, -0.25) is 4.79 Å². The molecule has 0 atom stereocenters. The summed E-state index contributed by atoms with van der Waals surface area (Å²) in [5, 5.41) is 2.89. The lowest BCUT2D eigenvalue weighted by Crippen LogP contribution is -3.08. The van der Waals surface area contributed by atoms with Crippen LogP contribution < -0.4 is 10.2 Å². The molecule has 2 aromatic carbocycles. The van der Waals surface area contributed by atoms with E-state index in [2.05, 4.69) is 29.6 Å². The first-order chi connectivity index (χ1) is 12.6. The fourth-order valence-electron chi connectivity index (χ4n) is 3.15. The number of nitrogens with one attached hydrogen (secondary N) is 2. The van der Waals surface area contributed by atoms with Gasteiger partial charge in [0.1, 0.15) is 12.4 Å². The summed E-state index contributed by atoms with van der Waals surface area (Å²) >= 11 is 5.73. The number of carbonyl (C=O) groups is 1. The van der Waals surface area contributed by atoms with Gasteiger partial charge in [-0.2, -0.15) is 0 Å². The third-order valence-electron chi connectivity index (χ3n) is 4.63. The maximum Gasteiger partial charge on any atom is 0.244 e. The molecule has 3 nitrogen and oxygen atoms in total. The molecule has 0 saturated carbocycles. The zero-order valence-corrected chi connectivity index (χ0v) is 15.4. The van der Waals surface area contributed by atoms with Crippen LogP contribution in [-0.2, 0) is 17.9 Å². The summed E-state index contributed by atoms with van der Waals surface area (Å²) in [6.45, 7) is 4.09. The fourth-order valence-corrected chi connectivity index (χ4v) is 3.34. The summed E-state index contributed by atoms with van der Waals surface area (Å²) in [7, 11) is 0. The highest BCUT2D eigenvalue weighted by Crippen LogP contribution is 2.16. The van der Waals surface area contributed by atoms with Crippen LogP contribution in [0.3, 0.4) is 0 Å². The van der Waals surface area contributed by atoms with Gasteiger partial charge < -0.3 is 10.2 Å². The molecule has 3 rings (SSSR count). The Hall–Kier alpha value is -2.17. The highest BCUT2D eigenvalue weighted by molar-refractivity contribution is 6.30. The van der Waals surface area contributed by atoms with Crippen LogP contribution in [0.4, 0.5) is 4.39 Å². The van der Waals surface area contributed by atoms with Crippen LogP contribution in [0.2, 0.25) is 5.02 Å². The summed E-state index contributed by atoms with van der Waals surface area (Å²) in [6, 6.07) is 12.8. The van der Waals surface area contributed by atoms with E-state index in [4.69, 9.17) is 11.6 Å². The lowest BCUT2D eigenvalue weighted by Gasteiger charge is -2.12. The number of likely N-dealkylation sites (tertiary alicyclic amines) is 1. The Bertz CT molecular complexity index is 783. The molecule has 1 amide bonds. The molecule has 2 N–H and O–H groups in total. The minimum Gasteiger partial charge on any atom is -0.348 e. The van der Waals surface area contributed by atoms with E-state index in [0.717, 1.165) is 12.1 Å². The first-order valence-electron chi connectivity index (χ1n) is 8.92. The summed E-state index contributed by atoms with van der Waals surface area (Å²) in [4.78, 5) is 13.6. The van der Waals surface area contributed by atoms with Crippen molar-refractivity contribution in [2.45, 2.75) is 25.9 Å². The van der Waals surface area contributed by atoms with Gasteiger partial charge >= 0.3 is 0 Å². The van der Waals surface area contributed by atoms with Gasteiger partial charge in [-0.05, 0) is 29.3 Å². The van der Waals surface area contributed by atoms with E-state index in [9.17, 15) is 9.18 Å². The first-order valence-corrected chi connectivity index (χ1v) is 9.30. The Kier molecular flexibility index (Phi) is 6.42. The number of benzene rings is 2. The molecule has 1 aliphatic rings. The third-order valence-corrected chi connectivity index (χ3v) is 4.91. The Labute approximate surface area is 158 Å². The highest BCUT2D eigenvalue weighted by Gasteiger charge is 2.15. The number of hydrogen-bond donors (Lipinski definition) is 2. The Morgan fingerprint density at radius 1 is 1.12 bits per heavy atom. The second kappa shape index (κ2) is 8.97. The predicted octanol–water partition coefficient (Wildman–Crippen LogP) is 2.99. The minimum absolute atomic E-state index is 0.0448. The van der Waals surface area contributed by atoms with Crippen molar-refractivity contribution < 1.29 is 14.1 Å². The van der Waals surface area contributed by atoms with Gasteiger partial charge in [-0.1, -0.05) is 41.9 Å². The van der Waals surface area contributed by atoms with Crippen molar-refractivity contribution in [1.29, 1.82) is 0 Å². The van der Waals surface area contributed by atoms with Gasteiger partial charge in [-0.25, -0.2) is 4.39 Å². The maximum atomic E-state index is 13.1. The molecule has 0 aliphatic carbocycles. The molecule has 0 unspecified atom stereocenters. The van der Waals surface area contributed by atoms with Crippen LogP contribution in [0, 0.1) is 5.82 Å². The molecule has 2 aromatic rings. The lowest BCUT2D eigenvalue weighted by atomic mass is 10.1. The molecule has 1 aliphatic heterocycles. The second-order valence-electron chi connectivity index (χ2n) is 6.68. The van der Waals surface area contributed by atoms with Crippen LogP contribution in [0.25, 0.3) is 6.08 Å². The van der Waals surface area contributed by atoms with Gasteiger partial charge in [0.2, 0.25) is 5.91 Å². The summed E-state index contributed by atoms with van der Waals surface area (Å²) in [6.07, 6.45) is 5.70. The third kappa shape index (κ3) is 5.41. The maximum absolute atomic E-state index is 13.1. The van der Waals surface area contributed by atoms with Crippen LogP contribution >= 0.6 is 11.6 Å². The van der Waals surface area contributed by atoms with Crippen molar-refractivity contribution in [3.8, 4) is 0 Å². The quantitative estimate of drug-likeness (QED) is 0.750. The van der Waals surface area contributed by atoms with Crippen molar-refractivity contribution >= 4 is 23.6 Å². The average molecular weight is 374 g/mol. The number of hydrogen-bond acceptors (Lipinski definition) is 1. The van der Waals surface area contributed by atoms with Gasteiger partial charge in [0, 0.05) is 31.0 Å². The van der Waals surface area contributed by atoms with Gasteiger partial charge in [0.05, 0.1) is 18.1 Å². The fraction of sp³-hybridized carbons (Fsp3) is 0.286. The van der Waals surface area contributed by atoms with Crippen LogP contribution in [0.1, 0.15) is 29.5 Å². The van der Waals surface area contributed by atoms with Crippen LogP contribution in [-0.4, -0.2) is 19.0 Å². The largest absolute Gasteiger partial charge is 0.348 e. The molecule has 1 saturated heterocycles. The van der Waals surface area contributed by atoms with Crippen LogP contribution in [0.5, 0.6) is 0 Å². The van der Waals surface area contributed by atoms with Crippen molar-refractivity contribution in [2.24, 2.45) is 0 Å². The molecule has 0 radical (unpaired) electrons. The highest BCUT2D eigenvalue weighted by atomic mass is 35.5. The normalized spacial score (nSPS) is 14.8. The topological polar surface area (TPSA) is 33.5 Å². The molecule has 0 spiro atoms. The summed E-state index contributed by atoms with van der Waals surface area (Å²) < 4.78 is 13.1. The second-order valence-corrected chi connectivity index (χ2v) is 7.08. The van der Waals surface area contributed by atoms with Crippen molar-refractivity contribution in [1.82, 2.24) is 5.32 Å². The zero-order valence-electron chi connectivity index (χ0n) is 14.6. The van der Waals surface area contributed by atoms with E-state index in [1.807, 2.05) is 0 Å². The summed E-state index contributed by atoms with van der Waals surface area (Å²) in [5.74, 6) is -0.668. The predicted molar refractivity (Wildman–Crippen MR) is 102 cm³/mol. The average Bonchev–Trinajstić information content (AvgIpc) is 3.15. The molecule has 0 aromatic heterocycles. The summed E-state index contributed by atoms with van der Waals surface area (Å²) in [5.41, 5.74) is 3.09. The number of carbonyl (C=O) groups excluding carboxylic acids is 1. The Morgan fingerprint density at radius 3 is 2.50 bits per heavy atom. The van der Waals surface area contributed by atoms with Crippen molar-refractivity contribution in [3.63, 3.8) is 0 Å². The zero-order chi connectivity index (χ0) is 18.4. The Balaban J connectivity index is 1.47. The lowest BCUT2D eigenvalue weighted by molar-refractivity contribution is -0.901. The van der Waals surface area contributed by atoms with Gasteiger partial charge in [-0.15, -0.1) is 0 Å². The van der Waals surface area contributed by atoms with Crippen LogP contribution in [0.15, 0.2) is 48.5 Å². The van der Waals surface area contributed by atoms with E-state index in [0.29, 0.717) is 12.1 Å². The molecule has 5 heteroatoms.